The van der Waals surface area contributed by atoms with Crippen LogP contribution in [-0.4, -0.2) is 59.6 Å². The fourth-order valence-corrected chi connectivity index (χ4v) is 4.68. The first kappa shape index (κ1) is 20.8. The van der Waals surface area contributed by atoms with Gasteiger partial charge in [-0.3, -0.25) is 4.79 Å². The molecule has 3 heterocycles. The van der Waals surface area contributed by atoms with Crippen LogP contribution in [0.25, 0.3) is 0 Å². The number of alkyl halides is 3. The highest BCUT2D eigenvalue weighted by Gasteiger charge is 2.31. The predicted molar refractivity (Wildman–Crippen MR) is 110 cm³/mol. The van der Waals surface area contributed by atoms with Gasteiger partial charge in [0.1, 0.15) is 6.10 Å². The maximum absolute atomic E-state index is 12.9. The van der Waals surface area contributed by atoms with Gasteiger partial charge in [0.05, 0.1) is 11.1 Å². The molecular weight excluding hydrogens is 415 g/mol. The molecule has 2 aliphatic rings. The van der Waals surface area contributed by atoms with Crippen LogP contribution in [0.4, 0.5) is 18.9 Å². The lowest BCUT2D eigenvalue weighted by molar-refractivity contribution is -0.137. The summed E-state index contributed by atoms with van der Waals surface area (Å²) in [5.41, 5.74) is 0.337. The molecule has 9 heteroatoms. The fourth-order valence-electron chi connectivity index (χ4n) is 3.58. The molecule has 0 bridgehead atoms. The van der Waals surface area contributed by atoms with Crippen LogP contribution in [-0.2, 0) is 6.18 Å². The Morgan fingerprint density at radius 2 is 1.93 bits per heavy atom. The topological polar surface area (TPSA) is 45.7 Å². The van der Waals surface area contributed by atoms with Gasteiger partial charge in [0.2, 0.25) is 5.88 Å². The van der Waals surface area contributed by atoms with Crippen molar-refractivity contribution >= 4 is 23.4 Å². The summed E-state index contributed by atoms with van der Waals surface area (Å²) in [4.78, 5) is 20.6. The lowest BCUT2D eigenvalue weighted by atomic mass is 10.1. The fraction of sp³-hybridized carbons (Fsp3) is 0.429. The van der Waals surface area contributed by atoms with E-state index in [1.54, 1.807) is 23.1 Å². The number of pyridine rings is 1. The minimum Gasteiger partial charge on any atom is -0.473 e. The Morgan fingerprint density at radius 3 is 2.57 bits per heavy atom. The van der Waals surface area contributed by atoms with Crippen molar-refractivity contribution in [3.05, 3.63) is 53.7 Å². The molecule has 0 spiro atoms. The Kier molecular flexibility index (Phi) is 6.08. The Balaban J connectivity index is 1.34. The maximum atomic E-state index is 12.9. The van der Waals surface area contributed by atoms with Crippen LogP contribution < -0.4 is 9.64 Å². The number of hydrogen-bond donors (Lipinski definition) is 0. The maximum Gasteiger partial charge on any atom is 0.416 e. The smallest absolute Gasteiger partial charge is 0.416 e. The van der Waals surface area contributed by atoms with Crippen LogP contribution in [0.1, 0.15) is 22.3 Å². The summed E-state index contributed by atoms with van der Waals surface area (Å²) >= 11 is 1.86. The van der Waals surface area contributed by atoms with E-state index in [-0.39, 0.29) is 12.0 Å². The number of hydrogen-bond acceptors (Lipinski definition) is 5. The average molecular weight is 437 g/mol. The summed E-state index contributed by atoms with van der Waals surface area (Å²) in [5, 5.41) is 0. The molecule has 1 atom stereocenters. The van der Waals surface area contributed by atoms with Crippen molar-refractivity contribution in [3.8, 4) is 5.88 Å². The second-order valence-electron chi connectivity index (χ2n) is 7.32. The van der Waals surface area contributed by atoms with Gasteiger partial charge in [-0.25, -0.2) is 4.98 Å². The average Bonchev–Trinajstić information content (AvgIpc) is 3.26. The van der Waals surface area contributed by atoms with Gasteiger partial charge in [-0.1, -0.05) is 6.07 Å². The third-order valence-corrected chi connectivity index (χ3v) is 6.40. The van der Waals surface area contributed by atoms with E-state index in [1.807, 2.05) is 16.7 Å². The number of rotatable bonds is 4. The highest BCUT2D eigenvalue weighted by molar-refractivity contribution is 7.99. The molecular formula is C21H22F3N3O2S. The number of benzene rings is 1. The number of ether oxygens (including phenoxy) is 1. The molecule has 4 rings (SSSR count). The van der Waals surface area contributed by atoms with Gasteiger partial charge in [0.15, 0.2) is 0 Å². The van der Waals surface area contributed by atoms with E-state index >= 15 is 0 Å². The molecule has 2 fully saturated rings. The van der Waals surface area contributed by atoms with Gasteiger partial charge in [-0.2, -0.15) is 24.9 Å². The van der Waals surface area contributed by atoms with Gasteiger partial charge in [-0.15, -0.1) is 0 Å². The third kappa shape index (κ3) is 4.83. The molecule has 2 saturated heterocycles. The Morgan fingerprint density at radius 1 is 1.13 bits per heavy atom. The molecule has 160 valence electrons. The van der Waals surface area contributed by atoms with Gasteiger partial charge >= 0.3 is 6.18 Å². The Bertz CT molecular complexity index is 878. The molecule has 1 aromatic heterocycles. The van der Waals surface area contributed by atoms with E-state index in [0.29, 0.717) is 43.3 Å². The number of amides is 1. The number of anilines is 1. The van der Waals surface area contributed by atoms with Crippen LogP contribution in [0.5, 0.6) is 5.88 Å². The first-order chi connectivity index (χ1) is 14.4. The molecule has 30 heavy (non-hydrogen) atoms. The first-order valence-corrected chi connectivity index (χ1v) is 11.0. The molecule has 0 N–H and O–H groups in total. The Labute approximate surface area is 177 Å². The molecule has 2 aromatic rings. The summed E-state index contributed by atoms with van der Waals surface area (Å²) < 4.78 is 44.6. The zero-order valence-corrected chi connectivity index (χ0v) is 17.1. The van der Waals surface area contributed by atoms with Crippen LogP contribution >= 0.6 is 11.8 Å². The van der Waals surface area contributed by atoms with Gasteiger partial charge in [0, 0.05) is 49.9 Å². The molecule has 1 amide bonds. The van der Waals surface area contributed by atoms with E-state index in [1.165, 1.54) is 12.3 Å². The van der Waals surface area contributed by atoms with Crippen LogP contribution in [0.3, 0.4) is 0 Å². The van der Waals surface area contributed by atoms with Crippen LogP contribution in [0, 0.1) is 0 Å². The zero-order chi connectivity index (χ0) is 21.1. The van der Waals surface area contributed by atoms with E-state index in [4.69, 9.17) is 4.74 Å². The summed E-state index contributed by atoms with van der Waals surface area (Å²) in [6.45, 7) is 1.82. The van der Waals surface area contributed by atoms with Crippen molar-refractivity contribution in [2.45, 2.75) is 18.7 Å². The number of aromatic nitrogens is 1. The highest BCUT2D eigenvalue weighted by atomic mass is 32.2. The minimum atomic E-state index is -4.37. The normalized spacial score (nSPS) is 19.8. The quantitative estimate of drug-likeness (QED) is 0.725. The standard InChI is InChI=1S/C21H22F3N3O2S/c22-21(23,24)16-2-1-3-17(12-16)26-7-9-27(10-8-26)20(28)15-4-5-19(25-13-15)29-18-6-11-30-14-18/h1-5,12-13,18H,6-11,14H2. The van der Waals surface area contributed by atoms with Crippen LogP contribution in [0.15, 0.2) is 42.6 Å². The SMILES string of the molecule is O=C(c1ccc(OC2CCSC2)nc1)N1CCN(c2cccc(C(F)(F)F)c2)CC1. The molecule has 2 aliphatic heterocycles. The van der Waals surface area contributed by atoms with Crippen LogP contribution in [0.2, 0.25) is 0 Å². The molecule has 1 aromatic carbocycles. The number of thioether (sulfide) groups is 1. The largest absolute Gasteiger partial charge is 0.473 e. The molecule has 1 unspecified atom stereocenters. The molecule has 0 radical (unpaired) electrons. The van der Waals surface area contributed by atoms with Gasteiger partial charge < -0.3 is 14.5 Å². The molecule has 5 nitrogen and oxygen atoms in total. The summed E-state index contributed by atoms with van der Waals surface area (Å²) in [5.74, 6) is 2.44. The van der Waals surface area contributed by atoms with E-state index in [9.17, 15) is 18.0 Å². The second-order valence-corrected chi connectivity index (χ2v) is 8.47. The van der Waals surface area contributed by atoms with Gasteiger partial charge in [-0.05, 0) is 36.4 Å². The zero-order valence-electron chi connectivity index (χ0n) is 16.3. The Hall–Kier alpha value is -2.42. The van der Waals surface area contributed by atoms with E-state index in [2.05, 4.69) is 4.98 Å². The lowest BCUT2D eigenvalue weighted by Gasteiger charge is -2.36. The lowest BCUT2D eigenvalue weighted by Crippen LogP contribution is -2.48. The summed E-state index contributed by atoms with van der Waals surface area (Å²) in [6, 6.07) is 8.73. The number of carbonyl (C=O) groups is 1. The second kappa shape index (κ2) is 8.75. The number of nitrogens with zero attached hydrogens (tertiary/aromatic N) is 3. The third-order valence-electron chi connectivity index (χ3n) is 5.26. The van der Waals surface area contributed by atoms with E-state index < -0.39 is 11.7 Å². The van der Waals surface area contributed by atoms with E-state index in [0.717, 1.165) is 30.1 Å². The predicted octanol–water partition coefficient (Wildman–Crippen LogP) is 3.95. The van der Waals surface area contributed by atoms with Gasteiger partial charge in [0.25, 0.3) is 5.91 Å². The number of halogens is 3. The summed E-state index contributed by atoms with van der Waals surface area (Å²) in [6.07, 6.45) is -1.66. The van der Waals surface area contributed by atoms with Crippen molar-refractivity contribution in [2.24, 2.45) is 0 Å². The molecule has 0 saturated carbocycles. The van der Waals surface area contributed by atoms with Crippen molar-refractivity contribution < 1.29 is 22.7 Å². The summed E-state index contributed by atoms with van der Waals surface area (Å²) in [7, 11) is 0. The van der Waals surface area contributed by atoms with Crippen molar-refractivity contribution in [2.75, 3.05) is 42.6 Å². The molecule has 0 aliphatic carbocycles. The minimum absolute atomic E-state index is 0.130. The van der Waals surface area contributed by atoms with Crippen molar-refractivity contribution in [1.82, 2.24) is 9.88 Å². The number of piperazine rings is 1. The van der Waals surface area contributed by atoms with Crippen molar-refractivity contribution in [3.63, 3.8) is 0 Å². The first-order valence-electron chi connectivity index (χ1n) is 9.82. The highest BCUT2D eigenvalue weighted by Crippen LogP contribution is 2.32. The monoisotopic (exact) mass is 437 g/mol. The number of carbonyl (C=O) groups excluding carboxylic acids is 1. The van der Waals surface area contributed by atoms with Crippen molar-refractivity contribution in [1.29, 1.82) is 0 Å².